The fraction of sp³-hybridized carbons (Fsp3) is 0.111. The molecule has 1 N–H and O–H groups in total. The number of non-ortho nitro benzene ring substituents is 1. The van der Waals surface area contributed by atoms with Gasteiger partial charge in [-0.05, 0) is 66.6 Å². The zero-order valence-corrected chi connectivity index (χ0v) is 14.5. The second-order valence-electron chi connectivity index (χ2n) is 5.55. The highest BCUT2D eigenvalue weighted by molar-refractivity contribution is 8.18. The number of aliphatic imine (C=N–C) groups is 1. The lowest BCUT2D eigenvalue weighted by molar-refractivity contribution is -0.384. The molecule has 1 aliphatic rings. The highest BCUT2D eigenvalue weighted by atomic mass is 32.2. The van der Waals surface area contributed by atoms with Crippen LogP contribution < -0.4 is 5.32 Å². The van der Waals surface area contributed by atoms with E-state index in [1.165, 1.54) is 23.9 Å². The van der Waals surface area contributed by atoms with Crippen molar-refractivity contribution < 1.29 is 9.72 Å². The topological polar surface area (TPSA) is 84.6 Å². The molecule has 0 aromatic heterocycles. The van der Waals surface area contributed by atoms with Gasteiger partial charge in [0, 0.05) is 12.1 Å². The first-order chi connectivity index (χ1) is 11.9. The highest BCUT2D eigenvalue weighted by Crippen LogP contribution is 2.30. The third kappa shape index (κ3) is 3.77. The molecule has 126 valence electrons. The predicted molar refractivity (Wildman–Crippen MR) is 99.8 cm³/mol. The molecule has 0 radical (unpaired) electrons. The maximum atomic E-state index is 12.1. The summed E-state index contributed by atoms with van der Waals surface area (Å²) in [5, 5.41) is 13.9. The monoisotopic (exact) mass is 353 g/mol. The van der Waals surface area contributed by atoms with Crippen LogP contribution in [0.5, 0.6) is 0 Å². The molecular weight excluding hydrogens is 338 g/mol. The Morgan fingerprint density at radius 3 is 2.56 bits per heavy atom. The van der Waals surface area contributed by atoms with Crippen LogP contribution in [0.1, 0.15) is 16.7 Å². The molecule has 2 aromatic rings. The van der Waals surface area contributed by atoms with Gasteiger partial charge in [0.2, 0.25) is 0 Å². The molecular formula is C18H15N3O3S. The maximum absolute atomic E-state index is 12.1. The summed E-state index contributed by atoms with van der Waals surface area (Å²) in [6.07, 6.45) is 1.69. The van der Waals surface area contributed by atoms with Crippen LogP contribution in [0.2, 0.25) is 0 Å². The van der Waals surface area contributed by atoms with E-state index >= 15 is 0 Å². The van der Waals surface area contributed by atoms with E-state index in [1.54, 1.807) is 18.2 Å². The van der Waals surface area contributed by atoms with Gasteiger partial charge in [0.15, 0.2) is 5.17 Å². The number of benzene rings is 2. The van der Waals surface area contributed by atoms with Crippen molar-refractivity contribution >= 4 is 40.3 Å². The molecule has 1 fully saturated rings. The van der Waals surface area contributed by atoms with Gasteiger partial charge in [0.25, 0.3) is 11.6 Å². The van der Waals surface area contributed by atoms with Crippen LogP contribution in [-0.4, -0.2) is 16.0 Å². The molecule has 0 aliphatic carbocycles. The minimum absolute atomic E-state index is 0.0165. The van der Waals surface area contributed by atoms with Crippen LogP contribution in [0.15, 0.2) is 52.4 Å². The lowest BCUT2D eigenvalue weighted by Gasteiger charge is -2.04. The summed E-state index contributed by atoms with van der Waals surface area (Å²) < 4.78 is 0. The second-order valence-corrected chi connectivity index (χ2v) is 6.58. The zero-order valence-electron chi connectivity index (χ0n) is 13.6. The van der Waals surface area contributed by atoms with Crippen molar-refractivity contribution in [2.24, 2.45) is 4.99 Å². The van der Waals surface area contributed by atoms with Gasteiger partial charge in [0.05, 0.1) is 15.5 Å². The number of aryl methyl sites for hydroxylation is 1. The number of nitro benzene ring substituents is 1. The van der Waals surface area contributed by atoms with Gasteiger partial charge in [0.1, 0.15) is 0 Å². The van der Waals surface area contributed by atoms with Gasteiger partial charge >= 0.3 is 0 Å². The van der Waals surface area contributed by atoms with Gasteiger partial charge in [-0.25, -0.2) is 4.99 Å². The average molecular weight is 353 g/mol. The predicted octanol–water partition coefficient (Wildman–Crippen LogP) is 4.10. The van der Waals surface area contributed by atoms with Crippen LogP contribution in [0.4, 0.5) is 11.4 Å². The van der Waals surface area contributed by atoms with Crippen molar-refractivity contribution in [1.82, 2.24) is 5.32 Å². The van der Waals surface area contributed by atoms with Crippen molar-refractivity contribution in [1.29, 1.82) is 0 Å². The number of hydrogen-bond acceptors (Lipinski definition) is 5. The fourth-order valence-corrected chi connectivity index (χ4v) is 3.13. The number of rotatable bonds is 3. The van der Waals surface area contributed by atoms with E-state index in [0.717, 1.165) is 22.4 Å². The average Bonchev–Trinajstić information content (AvgIpc) is 2.92. The number of nitrogens with one attached hydrogen (secondary N) is 1. The van der Waals surface area contributed by atoms with Crippen LogP contribution in [0.3, 0.4) is 0 Å². The van der Waals surface area contributed by atoms with Crippen LogP contribution >= 0.6 is 11.8 Å². The second kappa shape index (κ2) is 6.90. The number of amides is 1. The number of nitro groups is 1. The normalized spacial score (nSPS) is 17.1. The first-order valence-corrected chi connectivity index (χ1v) is 8.36. The first kappa shape index (κ1) is 16.9. The minimum atomic E-state index is -0.455. The maximum Gasteiger partial charge on any atom is 0.269 e. The first-order valence-electron chi connectivity index (χ1n) is 7.54. The Morgan fingerprint density at radius 1 is 1.16 bits per heavy atom. The van der Waals surface area contributed by atoms with Crippen LogP contribution in [0, 0.1) is 24.0 Å². The Labute approximate surface area is 148 Å². The lowest BCUT2D eigenvalue weighted by atomic mass is 10.1. The van der Waals surface area contributed by atoms with Gasteiger partial charge < -0.3 is 5.32 Å². The number of nitrogens with zero attached hydrogens (tertiary/aromatic N) is 2. The molecule has 7 heteroatoms. The van der Waals surface area contributed by atoms with E-state index in [4.69, 9.17) is 0 Å². The quantitative estimate of drug-likeness (QED) is 0.511. The molecule has 6 nitrogen and oxygen atoms in total. The Balaban J connectivity index is 1.83. The number of carbonyl (C=O) groups is 1. The molecule has 3 rings (SSSR count). The summed E-state index contributed by atoms with van der Waals surface area (Å²) in [7, 11) is 0. The van der Waals surface area contributed by atoms with Gasteiger partial charge in [-0.1, -0.05) is 12.1 Å². The Morgan fingerprint density at radius 2 is 1.88 bits per heavy atom. The fourth-order valence-electron chi connectivity index (χ4n) is 2.29. The Kier molecular flexibility index (Phi) is 4.67. The van der Waals surface area contributed by atoms with E-state index in [1.807, 2.05) is 32.0 Å². The molecule has 0 saturated carbocycles. The van der Waals surface area contributed by atoms with E-state index in [2.05, 4.69) is 10.3 Å². The van der Waals surface area contributed by atoms with Gasteiger partial charge in [-0.3, -0.25) is 14.9 Å². The molecule has 0 atom stereocenters. The zero-order chi connectivity index (χ0) is 18.0. The van der Waals surface area contributed by atoms with Crippen molar-refractivity contribution in [3.05, 3.63) is 74.2 Å². The SMILES string of the molecule is Cc1cccc(N=C2NC(=O)/C(=C\c3ccc([N+](=O)[O-])cc3)S2)c1C. The summed E-state index contributed by atoms with van der Waals surface area (Å²) in [4.78, 5) is 27.4. The molecule has 0 bridgehead atoms. The van der Waals surface area contributed by atoms with Gasteiger partial charge in [-0.15, -0.1) is 0 Å². The summed E-state index contributed by atoms with van der Waals surface area (Å²) in [6.45, 7) is 4.00. The van der Waals surface area contributed by atoms with E-state index in [-0.39, 0.29) is 11.6 Å². The summed E-state index contributed by atoms with van der Waals surface area (Å²) in [6, 6.07) is 11.9. The molecule has 1 amide bonds. The molecule has 1 heterocycles. The molecule has 1 aliphatic heterocycles. The van der Waals surface area contributed by atoms with Crippen molar-refractivity contribution in [2.75, 3.05) is 0 Å². The van der Waals surface area contributed by atoms with Crippen molar-refractivity contribution in [3.63, 3.8) is 0 Å². The Bertz CT molecular complexity index is 918. The minimum Gasteiger partial charge on any atom is -0.300 e. The third-order valence-corrected chi connectivity index (χ3v) is 4.76. The Hall–Kier alpha value is -2.93. The smallest absolute Gasteiger partial charge is 0.269 e. The summed E-state index contributed by atoms with van der Waals surface area (Å²) in [5.41, 5.74) is 3.76. The number of amidine groups is 1. The standard InChI is InChI=1S/C18H15N3O3S/c1-11-4-3-5-15(12(11)2)19-18-20-17(22)16(25-18)10-13-6-8-14(9-7-13)21(23)24/h3-10H,1-2H3,(H,19,20,22)/b16-10+. The summed E-state index contributed by atoms with van der Waals surface area (Å²) in [5.74, 6) is -0.229. The number of hydrogen-bond donors (Lipinski definition) is 1. The van der Waals surface area contributed by atoms with Crippen LogP contribution in [-0.2, 0) is 4.79 Å². The van der Waals surface area contributed by atoms with Gasteiger partial charge in [-0.2, -0.15) is 0 Å². The largest absolute Gasteiger partial charge is 0.300 e. The van der Waals surface area contributed by atoms with E-state index < -0.39 is 4.92 Å². The molecule has 0 unspecified atom stereocenters. The summed E-state index contributed by atoms with van der Waals surface area (Å²) >= 11 is 1.25. The third-order valence-electron chi connectivity index (χ3n) is 3.85. The molecule has 25 heavy (non-hydrogen) atoms. The molecule has 0 spiro atoms. The van der Waals surface area contributed by atoms with Crippen LogP contribution in [0.25, 0.3) is 6.08 Å². The van der Waals surface area contributed by atoms with Crippen molar-refractivity contribution in [3.8, 4) is 0 Å². The molecule has 1 saturated heterocycles. The van der Waals surface area contributed by atoms with E-state index in [9.17, 15) is 14.9 Å². The lowest BCUT2D eigenvalue weighted by Crippen LogP contribution is -2.19. The number of carbonyl (C=O) groups excluding carboxylic acids is 1. The number of thioether (sulfide) groups is 1. The van der Waals surface area contributed by atoms with E-state index in [0.29, 0.717) is 10.1 Å². The molecule has 2 aromatic carbocycles. The van der Waals surface area contributed by atoms with Crippen molar-refractivity contribution in [2.45, 2.75) is 13.8 Å². The highest BCUT2D eigenvalue weighted by Gasteiger charge is 2.24.